The Labute approximate surface area is 216 Å². The Hall–Kier alpha value is -3.09. The molecule has 7 heteroatoms. The quantitative estimate of drug-likeness (QED) is 0.429. The van der Waals surface area contributed by atoms with Gasteiger partial charge in [-0.05, 0) is 29.4 Å². The van der Waals surface area contributed by atoms with Crippen LogP contribution >= 0.6 is 12.4 Å². The molecule has 4 N–H and O–H groups in total. The predicted molar refractivity (Wildman–Crippen MR) is 147 cm³/mol. The van der Waals surface area contributed by atoms with E-state index in [1.807, 2.05) is 69.3 Å². The molecule has 2 amide bonds. The Morgan fingerprint density at radius 2 is 1.40 bits per heavy atom. The largest absolute Gasteiger partial charge is 0.453 e. The van der Waals surface area contributed by atoms with Gasteiger partial charge in [-0.2, -0.15) is 0 Å². The molecule has 2 aromatic carbocycles. The van der Waals surface area contributed by atoms with E-state index in [-0.39, 0.29) is 30.4 Å². The Balaban J connectivity index is 0.000000807. The average molecular weight is 502 g/mol. The van der Waals surface area contributed by atoms with E-state index in [1.54, 1.807) is 12.2 Å². The second kappa shape index (κ2) is 16.5. The van der Waals surface area contributed by atoms with Gasteiger partial charge in [0.05, 0.1) is 13.2 Å². The molecule has 0 bridgehead atoms. The average Bonchev–Trinajstić information content (AvgIpc) is 2.82. The van der Waals surface area contributed by atoms with E-state index in [4.69, 9.17) is 5.73 Å². The van der Waals surface area contributed by atoms with Crippen molar-refractivity contribution in [1.29, 1.82) is 0 Å². The molecular formula is C28H40ClN3O3. The van der Waals surface area contributed by atoms with Crippen molar-refractivity contribution < 1.29 is 14.3 Å². The summed E-state index contributed by atoms with van der Waals surface area (Å²) < 4.78 is 4.60. The van der Waals surface area contributed by atoms with Crippen molar-refractivity contribution in [1.82, 2.24) is 10.6 Å². The molecule has 0 saturated carbocycles. The molecule has 0 spiro atoms. The van der Waals surface area contributed by atoms with Gasteiger partial charge in [-0.25, -0.2) is 4.79 Å². The van der Waals surface area contributed by atoms with Gasteiger partial charge in [0.2, 0.25) is 5.91 Å². The number of hydrogen-bond donors (Lipinski definition) is 3. The highest BCUT2D eigenvalue weighted by Crippen LogP contribution is 2.20. The standard InChI is InChI=1S/C18H26N2O3.C10H13N.ClH/c1-6-14(12-13-10-8-7-9-11-13)19-16(21)15(18(2,3)4)20-17(22)23-5;1-2-10(11)8-9-6-4-3-5-7-9;/h6-11,14-15H,1,12H2,2-5H3,(H,19,21)(H,20,22);2-7,10H,1,8,11H2;1H/t14-,15-;10-;/m11./s1. The van der Waals surface area contributed by atoms with Gasteiger partial charge in [0.1, 0.15) is 6.04 Å². The minimum absolute atomic E-state index is 0. The molecule has 0 saturated heterocycles. The second-order valence-corrected chi connectivity index (χ2v) is 9.06. The minimum Gasteiger partial charge on any atom is -0.453 e. The monoisotopic (exact) mass is 501 g/mol. The zero-order valence-corrected chi connectivity index (χ0v) is 22.0. The van der Waals surface area contributed by atoms with Crippen LogP contribution in [-0.4, -0.2) is 37.2 Å². The van der Waals surface area contributed by atoms with Crippen LogP contribution in [0.4, 0.5) is 4.79 Å². The SMILES string of the molecule is C=C[C@@H](N)Cc1ccccc1.C=C[C@H](Cc1ccccc1)NC(=O)[C@@H](NC(=O)OC)C(C)(C)C.Cl. The summed E-state index contributed by atoms with van der Waals surface area (Å²) in [6.45, 7) is 13.1. The van der Waals surface area contributed by atoms with Crippen LogP contribution in [-0.2, 0) is 22.4 Å². The van der Waals surface area contributed by atoms with E-state index >= 15 is 0 Å². The lowest BCUT2D eigenvalue weighted by molar-refractivity contribution is -0.125. The zero-order chi connectivity index (χ0) is 25.6. The number of hydrogen-bond acceptors (Lipinski definition) is 4. The molecule has 35 heavy (non-hydrogen) atoms. The number of nitrogens with one attached hydrogen (secondary N) is 2. The maximum atomic E-state index is 12.6. The first-order chi connectivity index (χ1) is 16.1. The third kappa shape index (κ3) is 12.8. The highest BCUT2D eigenvalue weighted by molar-refractivity contribution is 5.86. The summed E-state index contributed by atoms with van der Waals surface area (Å²) in [6, 6.07) is 19.2. The van der Waals surface area contributed by atoms with Gasteiger partial charge in [-0.15, -0.1) is 25.6 Å². The van der Waals surface area contributed by atoms with Crippen molar-refractivity contribution in [2.45, 2.75) is 51.7 Å². The van der Waals surface area contributed by atoms with Gasteiger partial charge >= 0.3 is 6.09 Å². The summed E-state index contributed by atoms with van der Waals surface area (Å²) >= 11 is 0. The number of amides is 2. The molecule has 2 rings (SSSR count). The van der Waals surface area contributed by atoms with Crippen molar-refractivity contribution in [2.24, 2.45) is 11.1 Å². The Bertz CT molecular complexity index is 899. The van der Waals surface area contributed by atoms with Gasteiger partial charge in [-0.1, -0.05) is 93.6 Å². The molecule has 0 aliphatic heterocycles. The van der Waals surface area contributed by atoms with E-state index in [0.717, 1.165) is 12.0 Å². The fourth-order valence-corrected chi connectivity index (χ4v) is 3.15. The van der Waals surface area contributed by atoms with Crippen molar-refractivity contribution in [3.05, 3.63) is 97.1 Å². The van der Waals surface area contributed by atoms with Crippen molar-refractivity contribution >= 4 is 24.4 Å². The number of methoxy groups -OCH3 is 1. The predicted octanol–water partition coefficient (Wildman–Crippen LogP) is 4.83. The maximum Gasteiger partial charge on any atom is 0.407 e. The summed E-state index contributed by atoms with van der Waals surface area (Å²) in [7, 11) is 1.27. The lowest BCUT2D eigenvalue weighted by atomic mass is 9.86. The Morgan fingerprint density at radius 1 is 0.914 bits per heavy atom. The first-order valence-electron chi connectivity index (χ1n) is 11.3. The lowest BCUT2D eigenvalue weighted by Crippen LogP contribution is -2.55. The molecule has 0 aliphatic carbocycles. The minimum atomic E-state index is -0.701. The lowest BCUT2D eigenvalue weighted by Gasteiger charge is -2.31. The van der Waals surface area contributed by atoms with Crippen LogP contribution in [0.25, 0.3) is 0 Å². The van der Waals surface area contributed by atoms with Crippen molar-refractivity contribution in [2.75, 3.05) is 7.11 Å². The molecule has 0 unspecified atom stereocenters. The summed E-state index contributed by atoms with van der Waals surface area (Å²) in [5.41, 5.74) is 7.61. The summed E-state index contributed by atoms with van der Waals surface area (Å²) in [5.74, 6) is -0.260. The number of alkyl carbamates (subject to hydrolysis) is 1. The molecule has 0 heterocycles. The van der Waals surface area contributed by atoms with Gasteiger partial charge < -0.3 is 21.1 Å². The number of carbonyl (C=O) groups is 2. The van der Waals surface area contributed by atoms with Crippen molar-refractivity contribution in [3.8, 4) is 0 Å². The molecule has 0 fully saturated rings. The van der Waals surface area contributed by atoms with E-state index in [1.165, 1.54) is 12.7 Å². The number of benzene rings is 2. The highest BCUT2D eigenvalue weighted by Gasteiger charge is 2.33. The Kier molecular flexibility index (Phi) is 15.1. The van der Waals surface area contributed by atoms with Crippen LogP contribution in [0.2, 0.25) is 0 Å². The number of halogens is 1. The smallest absolute Gasteiger partial charge is 0.407 e. The Morgan fingerprint density at radius 3 is 1.80 bits per heavy atom. The summed E-state index contributed by atoms with van der Waals surface area (Å²) in [6.07, 6.45) is 4.36. The second-order valence-electron chi connectivity index (χ2n) is 9.06. The van der Waals surface area contributed by atoms with Crippen LogP contribution < -0.4 is 16.4 Å². The van der Waals surface area contributed by atoms with Gasteiger partial charge in [-0.3, -0.25) is 4.79 Å². The third-order valence-electron chi connectivity index (χ3n) is 5.10. The van der Waals surface area contributed by atoms with Crippen LogP contribution in [0.15, 0.2) is 86.0 Å². The zero-order valence-electron chi connectivity index (χ0n) is 21.2. The fraction of sp³-hybridized carbons (Fsp3) is 0.357. The van der Waals surface area contributed by atoms with Crippen molar-refractivity contribution in [3.63, 3.8) is 0 Å². The van der Waals surface area contributed by atoms with E-state index in [9.17, 15) is 9.59 Å². The first-order valence-corrected chi connectivity index (χ1v) is 11.3. The number of nitrogens with two attached hydrogens (primary N) is 1. The van der Waals surface area contributed by atoms with Crippen LogP contribution in [0.5, 0.6) is 0 Å². The van der Waals surface area contributed by atoms with Crippen LogP contribution in [0.3, 0.4) is 0 Å². The molecular weight excluding hydrogens is 462 g/mol. The summed E-state index contributed by atoms with van der Waals surface area (Å²) in [5, 5.41) is 5.52. The maximum absolute atomic E-state index is 12.6. The number of ether oxygens (including phenoxy) is 1. The first kappa shape index (κ1) is 31.9. The fourth-order valence-electron chi connectivity index (χ4n) is 3.15. The van der Waals surface area contributed by atoms with Crippen LogP contribution in [0, 0.1) is 5.41 Å². The molecule has 3 atom stereocenters. The van der Waals surface area contributed by atoms with Gasteiger partial charge in [0, 0.05) is 6.04 Å². The van der Waals surface area contributed by atoms with Gasteiger partial charge in [0.15, 0.2) is 0 Å². The molecule has 6 nitrogen and oxygen atoms in total. The molecule has 0 aromatic heterocycles. The number of rotatable bonds is 9. The van der Waals surface area contributed by atoms with Gasteiger partial charge in [0.25, 0.3) is 0 Å². The summed E-state index contributed by atoms with van der Waals surface area (Å²) in [4.78, 5) is 24.1. The normalized spacial score (nSPS) is 12.8. The third-order valence-corrected chi connectivity index (χ3v) is 5.10. The highest BCUT2D eigenvalue weighted by atomic mass is 35.5. The van der Waals surface area contributed by atoms with E-state index < -0.39 is 17.6 Å². The van der Waals surface area contributed by atoms with E-state index in [2.05, 4.69) is 40.7 Å². The topological polar surface area (TPSA) is 93.5 Å². The van der Waals surface area contributed by atoms with E-state index in [0.29, 0.717) is 6.42 Å². The molecule has 2 aromatic rings. The number of carbonyl (C=O) groups excluding carboxylic acids is 2. The molecule has 192 valence electrons. The molecule has 0 radical (unpaired) electrons. The van der Waals surface area contributed by atoms with Crippen LogP contribution in [0.1, 0.15) is 31.9 Å². The molecule has 0 aliphatic rings.